The van der Waals surface area contributed by atoms with E-state index in [1.54, 1.807) is 0 Å². The molecule has 0 fully saturated rings. The monoisotopic (exact) mass is 353 g/mol. The summed E-state index contributed by atoms with van der Waals surface area (Å²) in [6.07, 6.45) is 0. The van der Waals surface area contributed by atoms with Crippen LogP contribution < -0.4 is 5.32 Å². The Morgan fingerprint density at radius 2 is 1.80 bits per heavy atom. The Morgan fingerprint density at radius 3 is 2.10 bits per heavy atom. The molecule has 0 aromatic heterocycles. The van der Waals surface area contributed by atoms with E-state index in [1.165, 1.54) is 0 Å². The molecule has 0 bridgehead atoms. The molecule has 0 aliphatic rings. The normalized spacial score (nSPS) is 6.90. The zero-order valence-electron chi connectivity index (χ0n) is 6.31. The third-order valence-electron chi connectivity index (χ3n) is 1.01. The van der Waals surface area contributed by atoms with Gasteiger partial charge < -0.3 is 12.7 Å². The molecule has 1 rings (SSSR count). The van der Waals surface area contributed by atoms with Gasteiger partial charge in [0.15, 0.2) is 0 Å². The Hall–Kier alpha value is 0.345. The molecule has 1 aromatic carbocycles. The average Bonchev–Trinajstić information content (AvgIpc) is 1.90. The number of rotatable bonds is 1. The van der Waals surface area contributed by atoms with E-state index in [9.17, 15) is 0 Å². The molecule has 0 spiro atoms. The van der Waals surface area contributed by atoms with E-state index in [-0.39, 0.29) is 47.4 Å². The van der Waals surface area contributed by atoms with Crippen LogP contribution in [0, 0.1) is 53.4 Å². The van der Waals surface area contributed by atoms with Gasteiger partial charge in [0.1, 0.15) is 0 Å². The van der Waals surface area contributed by atoms with Crippen LogP contribution in [0.4, 0.5) is 5.69 Å². The predicted molar refractivity (Wildman–Crippen MR) is 41.2 cm³/mol. The van der Waals surface area contributed by atoms with Gasteiger partial charge in [0.05, 0.1) is 0 Å². The van der Waals surface area contributed by atoms with Crippen molar-refractivity contribution in [2.24, 2.45) is 0 Å². The Kier molecular flexibility index (Phi) is 9.67. The maximum atomic E-state index is 3.01. The van der Waals surface area contributed by atoms with Gasteiger partial charge in [0.2, 0.25) is 0 Å². The van der Waals surface area contributed by atoms with Crippen LogP contribution in [0.15, 0.2) is 24.3 Å². The van der Waals surface area contributed by atoms with Gasteiger partial charge in [0.25, 0.3) is 0 Å². The minimum absolute atomic E-state index is 0. The fraction of sp³-hybridized carbons (Fsp3) is 0.125. The minimum atomic E-state index is 0. The van der Waals surface area contributed by atoms with E-state index in [0.29, 0.717) is 0 Å². The molecule has 0 saturated heterocycles. The van der Waals surface area contributed by atoms with Crippen LogP contribution in [0.2, 0.25) is 0 Å². The molecule has 1 N–H and O–H groups in total. The minimum Gasteiger partial charge on any atom is -0.409 e. The van der Waals surface area contributed by atoms with E-state index in [1.807, 2.05) is 31.3 Å². The maximum absolute atomic E-state index is 3.01. The van der Waals surface area contributed by atoms with Crippen molar-refractivity contribution in [2.45, 2.75) is 0 Å². The first kappa shape index (κ1) is 13.0. The first-order chi connectivity index (χ1) is 3.93. The molecular weight excluding hydrogens is 342 g/mol. The summed E-state index contributed by atoms with van der Waals surface area (Å²) in [5.74, 6) is 0. The van der Waals surface area contributed by atoms with Crippen LogP contribution in [0.3, 0.4) is 0 Å². The molecule has 0 aliphatic heterocycles. The van der Waals surface area contributed by atoms with Gasteiger partial charge in [-0.15, -0.1) is 12.1 Å². The first-order valence-electron chi connectivity index (χ1n) is 2.57. The van der Waals surface area contributed by atoms with Crippen molar-refractivity contribution in [1.29, 1.82) is 0 Å². The van der Waals surface area contributed by atoms with Crippen molar-refractivity contribution in [2.75, 3.05) is 12.4 Å². The fourth-order valence-electron chi connectivity index (χ4n) is 0.554. The number of hydrogen-bond acceptors (Lipinski definition) is 1. The van der Waals surface area contributed by atoms with Crippen molar-refractivity contribution >= 4 is 5.69 Å². The van der Waals surface area contributed by atoms with Crippen molar-refractivity contribution in [3.8, 4) is 0 Å². The molecule has 1 aromatic rings. The summed E-state index contributed by atoms with van der Waals surface area (Å²) >= 11 is 0. The van der Waals surface area contributed by atoms with Gasteiger partial charge in [-0.25, -0.2) is 0 Å². The molecule has 0 amide bonds. The topological polar surface area (TPSA) is 12.0 Å². The zero-order chi connectivity index (χ0) is 5.82. The van der Waals surface area contributed by atoms with Gasteiger partial charge in [-0.1, -0.05) is 5.69 Å². The van der Waals surface area contributed by atoms with E-state index in [4.69, 9.17) is 0 Å². The molecule has 0 atom stereocenters. The molecular formula is C8H11NTh. The van der Waals surface area contributed by atoms with Crippen molar-refractivity contribution < 1.29 is 39.9 Å². The largest absolute Gasteiger partial charge is 2.00 e. The van der Waals surface area contributed by atoms with Crippen molar-refractivity contribution in [3.05, 3.63) is 37.8 Å². The molecule has 10 heavy (non-hydrogen) atoms. The summed E-state index contributed by atoms with van der Waals surface area (Å²) in [5.41, 5.74) is 1.13. The summed E-state index contributed by atoms with van der Waals surface area (Å²) in [6, 6.07) is 10.6. The quantitative estimate of drug-likeness (QED) is 0.762. The summed E-state index contributed by atoms with van der Waals surface area (Å²) in [4.78, 5) is 0. The van der Waals surface area contributed by atoms with Gasteiger partial charge in [-0.3, -0.25) is 0 Å². The predicted octanol–water partition coefficient (Wildman–Crippen LogP) is 1.98. The van der Waals surface area contributed by atoms with Crippen LogP contribution in [-0.4, -0.2) is 7.05 Å². The van der Waals surface area contributed by atoms with Crippen molar-refractivity contribution in [3.63, 3.8) is 0 Å². The Bertz CT molecular complexity index is 151. The molecule has 0 aliphatic carbocycles. The number of anilines is 1. The standard InChI is InChI=1S/C7H8N.CH3.Th/c1-8-7-5-3-2-4-6-7;;/h3-6,8H,1H3;1H3;/q2*-1;+2. The molecule has 0 radical (unpaired) electrons. The number of hydrogen-bond donors (Lipinski definition) is 1. The van der Waals surface area contributed by atoms with Gasteiger partial charge in [-0.05, 0) is 0 Å². The Morgan fingerprint density at radius 1 is 1.30 bits per heavy atom. The SMILES string of the molecule is CNc1cc[c-]cc1.[CH3-].[Th+2]. The third-order valence-corrected chi connectivity index (χ3v) is 1.01. The van der Waals surface area contributed by atoms with Crippen LogP contribution in [0.5, 0.6) is 0 Å². The average molecular weight is 353 g/mol. The molecule has 0 unspecified atom stereocenters. The van der Waals surface area contributed by atoms with Crippen LogP contribution >= 0.6 is 0 Å². The Labute approximate surface area is 94.9 Å². The summed E-state index contributed by atoms with van der Waals surface area (Å²) in [7, 11) is 1.90. The van der Waals surface area contributed by atoms with Gasteiger partial charge in [-0.2, -0.15) is 18.2 Å². The summed E-state index contributed by atoms with van der Waals surface area (Å²) in [5, 5.41) is 3.01. The third kappa shape index (κ3) is 4.21. The van der Waals surface area contributed by atoms with E-state index in [2.05, 4.69) is 11.4 Å². The van der Waals surface area contributed by atoms with Crippen LogP contribution in [-0.2, 0) is 0 Å². The fourth-order valence-corrected chi connectivity index (χ4v) is 0.554. The molecule has 52 valence electrons. The second-order valence-electron chi connectivity index (χ2n) is 1.54. The Balaban J connectivity index is 0. The molecule has 0 saturated carbocycles. The van der Waals surface area contributed by atoms with E-state index < -0.39 is 0 Å². The summed E-state index contributed by atoms with van der Waals surface area (Å²) in [6.45, 7) is 0. The first-order valence-corrected chi connectivity index (χ1v) is 2.57. The zero-order valence-corrected chi connectivity index (χ0v) is 10.4. The van der Waals surface area contributed by atoms with E-state index >= 15 is 0 Å². The van der Waals surface area contributed by atoms with Crippen LogP contribution in [0.1, 0.15) is 0 Å². The number of nitrogens with one attached hydrogen (secondary N) is 1. The van der Waals surface area contributed by atoms with Gasteiger partial charge in [0, 0.05) is 7.05 Å². The molecule has 0 heterocycles. The molecule has 1 nitrogen and oxygen atoms in total. The molecule has 2 heteroatoms. The van der Waals surface area contributed by atoms with Crippen molar-refractivity contribution in [1.82, 2.24) is 0 Å². The van der Waals surface area contributed by atoms with Gasteiger partial charge >= 0.3 is 39.9 Å². The summed E-state index contributed by atoms with van der Waals surface area (Å²) < 4.78 is 0. The maximum Gasteiger partial charge on any atom is 2.00 e. The second-order valence-corrected chi connectivity index (χ2v) is 1.54. The second kappa shape index (κ2) is 7.45. The van der Waals surface area contributed by atoms with Crippen LogP contribution in [0.25, 0.3) is 0 Å². The number of benzene rings is 1. The van der Waals surface area contributed by atoms with E-state index in [0.717, 1.165) is 5.69 Å². The smallest absolute Gasteiger partial charge is 0.409 e.